The summed E-state index contributed by atoms with van der Waals surface area (Å²) in [5.41, 5.74) is 1.12. The zero-order valence-electron chi connectivity index (χ0n) is 13.5. The fourth-order valence-corrected chi connectivity index (χ4v) is 7.18. The van der Waals surface area contributed by atoms with Crippen LogP contribution in [0.5, 0.6) is 0 Å². The lowest BCUT2D eigenvalue weighted by molar-refractivity contribution is -0.120. The molecule has 0 aromatic rings. The number of hydrogen-bond acceptors (Lipinski definition) is 3. The molecule has 0 aliphatic heterocycles. The van der Waals surface area contributed by atoms with E-state index in [0.29, 0.717) is 17.3 Å². The van der Waals surface area contributed by atoms with Crippen LogP contribution in [0, 0.1) is 16.7 Å². The van der Waals surface area contributed by atoms with E-state index in [1.165, 1.54) is 38.5 Å². The Labute approximate surface area is 128 Å². The molecule has 4 rings (SSSR count). The van der Waals surface area contributed by atoms with Crippen LogP contribution >= 0.6 is 0 Å². The molecule has 5 heteroatoms. The second kappa shape index (κ2) is 4.68. The first-order valence-corrected chi connectivity index (χ1v) is 9.84. The van der Waals surface area contributed by atoms with Crippen molar-refractivity contribution in [2.45, 2.75) is 77.3 Å². The fraction of sp³-hybridized carbons (Fsp3) is 1.00. The second-order valence-electron chi connectivity index (χ2n) is 9.03. The van der Waals surface area contributed by atoms with Gasteiger partial charge in [-0.3, -0.25) is 4.55 Å². The van der Waals surface area contributed by atoms with Gasteiger partial charge < -0.3 is 5.32 Å². The average Bonchev–Trinajstić information content (AvgIpc) is 2.19. The van der Waals surface area contributed by atoms with Crippen molar-refractivity contribution in [1.29, 1.82) is 0 Å². The Balaban J connectivity index is 1.70. The Morgan fingerprint density at radius 1 is 1.14 bits per heavy atom. The van der Waals surface area contributed by atoms with Gasteiger partial charge in [-0.15, -0.1) is 0 Å². The summed E-state index contributed by atoms with van der Waals surface area (Å²) in [6, 6.07) is 0.135. The summed E-state index contributed by atoms with van der Waals surface area (Å²) in [6.07, 6.45) is 8.26. The molecular weight excluding hydrogens is 286 g/mol. The predicted octanol–water partition coefficient (Wildman–Crippen LogP) is 2.99. The second-order valence-corrected chi connectivity index (χ2v) is 10.6. The van der Waals surface area contributed by atoms with Gasteiger partial charge in [-0.2, -0.15) is 8.42 Å². The van der Waals surface area contributed by atoms with E-state index in [1.54, 1.807) is 0 Å². The summed E-state index contributed by atoms with van der Waals surface area (Å²) in [5, 5.41) is 3.77. The molecule has 122 valence electrons. The minimum atomic E-state index is -3.85. The van der Waals surface area contributed by atoms with Crippen LogP contribution in [-0.4, -0.2) is 30.3 Å². The summed E-state index contributed by atoms with van der Waals surface area (Å²) < 4.78 is 30.8. The summed E-state index contributed by atoms with van der Waals surface area (Å²) in [4.78, 5) is 0. The number of rotatable bonds is 5. The van der Waals surface area contributed by atoms with Gasteiger partial charge in [-0.05, 0) is 68.6 Å². The molecule has 4 bridgehead atoms. The van der Waals surface area contributed by atoms with Gasteiger partial charge in [0, 0.05) is 11.6 Å². The smallest absolute Gasteiger partial charge is 0.264 e. The molecule has 0 aromatic heterocycles. The standard InChI is InChI=1S/C16H29NO3S/c1-12(4-5-21(18,19)20)17-16-8-13-6-14(2,10-16)9-15(3,7-13)11-16/h12-13,17H,4-11H2,1-3H3,(H,18,19,20). The lowest BCUT2D eigenvalue weighted by Crippen LogP contribution is -2.65. The van der Waals surface area contributed by atoms with E-state index in [4.69, 9.17) is 4.55 Å². The van der Waals surface area contributed by atoms with E-state index < -0.39 is 10.1 Å². The normalized spacial score (nSPS) is 46.8. The maximum Gasteiger partial charge on any atom is 0.264 e. The zero-order chi connectivity index (χ0) is 15.5. The predicted molar refractivity (Wildman–Crippen MR) is 83.8 cm³/mol. The zero-order valence-corrected chi connectivity index (χ0v) is 14.3. The van der Waals surface area contributed by atoms with Crippen LogP contribution in [0.1, 0.15) is 65.7 Å². The highest BCUT2D eigenvalue weighted by Crippen LogP contribution is 2.66. The maximum atomic E-state index is 10.9. The van der Waals surface area contributed by atoms with E-state index in [0.717, 1.165) is 5.92 Å². The quantitative estimate of drug-likeness (QED) is 0.765. The van der Waals surface area contributed by atoms with E-state index in [-0.39, 0.29) is 17.3 Å². The van der Waals surface area contributed by atoms with Crippen molar-refractivity contribution in [3.63, 3.8) is 0 Å². The van der Waals surface area contributed by atoms with E-state index in [9.17, 15) is 8.42 Å². The molecule has 4 saturated carbocycles. The molecule has 2 N–H and O–H groups in total. The highest BCUT2D eigenvalue weighted by Gasteiger charge is 2.60. The minimum absolute atomic E-state index is 0.135. The third-order valence-corrected chi connectivity index (χ3v) is 6.74. The third kappa shape index (κ3) is 3.30. The summed E-state index contributed by atoms with van der Waals surface area (Å²) in [6.45, 7) is 6.93. The topological polar surface area (TPSA) is 66.4 Å². The van der Waals surface area contributed by atoms with Crippen LogP contribution in [0.25, 0.3) is 0 Å². The first-order chi connectivity index (χ1) is 9.51. The average molecular weight is 315 g/mol. The van der Waals surface area contributed by atoms with Gasteiger partial charge in [0.15, 0.2) is 0 Å². The van der Waals surface area contributed by atoms with Crippen molar-refractivity contribution in [3.05, 3.63) is 0 Å². The maximum absolute atomic E-state index is 10.9. The fourth-order valence-electron chi connectivity index (χ4n) is 6.53. The highest BCUT2D eigenvalue weighted by atomic mass is 32.2. The first-order valence-electron chi connectivity index (χ1n) is 8.24. The van der Waals surface area contributed by atoms with Gasteiger partial charge in [-0.25, -0.2) is 0 Å². The Morgan fingerprint density at radius 3 is 2.19 bits per heavy atom. The Morgan fingerprint density at radius 2 is 1.71 bits per heavy atom. The Bertz CT molecular complexity index is 512. The molecule has 4 nitrogen and oxygen atoms in total. The van der Waals surface area contributed by atoms with Crippen LogP contribution in [0.3, 0.4) is 0 Å². The van der Waals surface area contributed by atoms with Gasteiger partial charge in [-0.1, -0.05) is 13.8 Å². The minimum Gasteiger partial charge on any atom is -0.309 e. The first kappa shape index (κ1) is 15.8. The molecule has 0 spiro atoms. The summed E-state index contributed by atoms with van der Waals surface area (Å²) in [5.74, 6) is 0.687. The Hall–Kier alpha value is -0.130. The van der Waals surface area contributed by atoms with Crippen molar-refractivity contribution in [1.82, 2.24) is 5.32 Å². The molecule has 0 aromatic carbocycles. The third-order valence-electron chi connectivity index (χ3n) is 5.99. The van der Waals surface area contributed by atoms with Gasteiger partial charge in [0.1, 0.15) is 0 Å². The van der Waals surface area contributed by atoms with E-state index in [1.807, 2.05) is 0 Å². The number of hydrogen-bond donors (Lipinski definition) is 2. The van der Waals surface area contributed by atoms with Gasteiger partial charge in [0.25, 0.3) is 10.1 Å². The largest absolute Gasteiger partial charge is 0.309 e. The molecule has 0 radical (unpaired) electrons. The Kier molecular flexibility index (Phi) is 3.51. The van der Waals surface area contributed by atoms with Crippen molar-refractivity contribution in [2.24, 2.45) is 16.7 Å². The molecule has 3 unspecified atom stereocenters. The van der Waals surface area contributed by atoms with Crippen LogP contribution in [-0.2, 0) is 10.1 Å². The molecule has 4 fully saturated rings. The van der Waals surface area contributed by atoms with Crippen molar-refractivity contribution in [2.75, 3.05) is 5.75 Å². The highest BCUT2D eigenvalue weighted by molar-refractivity contribution is 7.85. The van der Waals surface area contributed by atoms with Crippen LogP contribution < -0.4 is 5.32 Å². The van der Waals surface area contributed by atoms with Gasteiger partial charge >= 0.3 is 0 Å². The molecule has 0 saturated heterocycles. The molecular formula is C16H29NO3S. The van der Waals surface area contributed by atoms with Crippen molar-refractivity contribution < 1.29 is 13.0 Å². The molecule has 4 aliphatic carbocycles. The molecule has 21 heavy (non-hydrogen) atoms. The lowest BCUT2D eigenvalue weighted by Gasteiger charge is -2.66. The number of nitrogens with one attached hydrogen (secondary N) is 1. The molecule has 0 amide bonds. The van der Waals surface area contributed by atoms with Gasteiger partial charge in [0.2, 0.25) is 0 Å². The SMILES string of the molecule is CC(CCS(=O)(=O)O)NC12CC3CC(C)(CC(C)(C3)C1)C2. The van der Waals surface area contributed by atoms with Crippen LogP contribution in [0.2, 0.25) is 0 Å². The van der Waals surface area contributed by atoms with E-state index in [2.05, 4.69) is 26.1 Å². The van der Waals surface area contributed by atoms with Gasteiger partial charge in [0.05, 0.1) is 5.75 Å². The lowest BCUT2D eigenvalue weighted by atomic mass is 9.42. The molecule has 4 aliphatic rings. The van der Waals surface area contributed by atoms with E-state index >= 15 is 0 Å². The monoisotopic (exact) mass is 315 g/mol. The summed E-state index contributed by atoms with van der Waals surface area (Å²) in [7, 11) is -3.85. The van der Waals surface area contributed by atoms with Crippen molar-refractivity contribution >= 4 is 10.1 Å². The summed E-state index contributed by atoms with van der Waals surface area (Å²) >= 11 is 0. The van der Waals surface area contributed by atoms with Crippen LogP contribution in [0.15, 0.2) is 0 Å². The molecule has 0 heterocycles. The molecule has 3 atom stereocenters. The van der Waals surface area contributed by atoms with Crippen LogP contribution in [0.4, 0.5) is 0 Å². The van der Waals surface area contributed by atoms with Crippen molar-refractivity contribution in [3.8, 4) is 0 Å².